The highest BCUT2D eigenvalue weighted by Crippen LogP contribution is 2.29. The minimum atomic E-state index is 0. The molecule has 28 heavy (non-hydrogen) atoms. The van der Waals surface area contributed by atoms with E-state index in [1.807, 2.05) is 12.1 Å². The van der Waals surface area contributed by atoms with Gasteiger partial charge in [0, 0.05) is 31.0 Å². The number of thioether (sulfide) groups is 1. The number of carbonyl (C=O) groups excluding carboxylic acids is 1. The third-order valence-electron chi connectivity index (χ3n) is 5.58. The SMILES string of the molecule is CN1C(=NC2CCCCC2)SCC1CC(=O)Nc1ccc(C(C)(C)C)cc1.Cl. The summed E-state index contributed by atoms with van der Waals surface area (Å²) in [4.78, 5) is 19.7. The summed E-state index contributed by atoms with van der Waals surface area (Å²) in [6.07, 6.45) is 6.89. The van der Waals surface area contributed by atoms with Crippen LogP contribution in [0.4, 0.5) is 5.69 Å². The van der Waals surface area contributed by atoms with Gasteiger partial charge in [-0.15, -0.1) is 12.4 Å². The lowest BCUT2D eigenvalue weighted by atomic mass is 9.87. The summed E-state index contributed by atoms with van der Waals surface area (Å²) >= 11 is 1.80. The van der Waals surface area contributed by atoms with Crippen LogP contribution in [-0.2, 0) is 10.2 Å². The maximum Gasteiger partial charge on any atom is 0.226 e. The minimum absolute atomic E-state index is 0. The summed E-state index contributed by atoms with van der Waals surface area (Å²) in [6, 6.07) is 8.91. The number of hydrogen-bond donors (Lipinski definition) is 1. The van der Waals surface area contributed by atoms with Crippen LogP contribution in [0.2, 0.25) is 0 Å². The predicted molar refractivity (Wildman–Crippen MR) is 124 cm³/mol. The molecule has 1 N–H and O–H groups in total. The monoisotopic (exact) mass is 423 g/mol. The Morgan fingerprint density at radius 3 is 2.43 bits per heavy atom. The number of nitrogens with one attached hydrogen (secondary N) is 1. The number of hydrogen-bond acceptors (Lipinski definition) is 3. The van der Waals surface area contributed by atoms with Crippen LogP contribution in [0.25, 0.3) is 0 Å². The van der Waals surface area contributed by atoms with E-state index in [1.54, 1.807) is 11.8 Å². The molecule has 1 aromatic rings. The average Bonchev–Trinajstić information content (AvgIpc) is 2.95. The Kier molecular flexibility index (Phi) is 8.26. The van der Waals surface area contributed by atoms with E-state index in [0.29, 0.717) is 12.5 Å². The van der Waals surface area contributed by atoms with E-state index >= 15 is 0 Å². The summed E-state index contributed by atoms with van der Waals surface area (Å²) in [5.41, 5.74) is 2.27. The van der Waals surface area contributed by atoms with Crippen LogP contribution in [0, 0.1) is 0 Å². The third-order valence-corrected chi connectivity index (χ3v) is 6.78. The second kappa shape index (κ2) is 10.0. The molecule has 4 nitrogen and oxygen atoms in total. The van der Waals surface area contributed by atoms with Gasteiger partial charge >= 0.3 is 0 Å². The zero-order valence-electron chi connectivity index (χ0n) is 17.5. The number of amides is 1. The molecular formula is C22H34ClN3OS. The summed E-state index contributed by atoms with van der Waals surface area (Å²) in [5.74, 6) is 1.02. The van der Waals surface area contributed by atoms with Gasteiger partial charge in [-0.25, -0.2) is 0 Å². The van der Waals surface area contributed by atoms with E-state index < -0.39 is 0 Å². The van der Waals surface area contributed by atoms with Crippen LogP contribution in [0.5, 0.6) is 0 Å². The standard InChI is InChI=1S/C22H33N3OS.ClH/c1-22(2,3)16-10-12-18(13-11-16)23-20(26)14-19-15-27-21(25(19)4)24-17-8-6-5-7-9-17;/h10-13,17,19H,5-9,14-15H2,1-4H3,(H,23,26);1H. The van der Waals surface area contributed by atoms with Gasteiger partial charge < -0.3 is 10.2 Å². The highest BCUT2D eigenvalue weighted by Gasteiger charge is 2.30. The van der Waals surface area contributed by atoms with Gasteiger partial charge in [-0.3, -0.25) is 9.79 Å². The van der Waals surface area contributed by atoms with Gasteiger partial charge in [0.15, 0.2) is 5.17 Å². The fourth-order valence-electron chi connectivity index (χ4n) is 3.71. The number of aliphatic imine (C=N–C) groups is 1. The Bertz CT molecular complexity index is 678. The number of halogens is 1. The second-order valence-corrected chi connectivity index (χ2v) is 9.85. The van der Waals surface area contributed by atoms with Crippen molar-refractivity contribution in [2.75, 3.05) is 18.1 Å². The Hall–Kier alpha value is -1.20. The lowest BCUT2D eigenvalue weighted by Crippen LogP contribution is -2.34. The van der Waals surface area contributed by atoms with E-state index in [2.05, 4.69) is 50.2 Å². The van der Waals surface area contributed by atoms with Gasteiger partial charge in [-0.05, 0) is 36.0 Å². The molecule has 3 rings (SSSR count). The van der Waals surface area contributed by atoms with Crippen molar-refractivity contribution in [3.63, 3.8) is 0 Å². The topological polar surface area (TPSA) is 44.7 Å². The van der Waals surface area contributed by atoms with Gasteiger partial charge in [0.25, 0.3) is 0 Å². The van der Waals surface area contributed by atoms with Crippen molar-refractivity contribution in [3.8, 4) is 0 Å². The quantitative estimate of drug-likeness (QED) is 0.698. The van der Waals surface area contributed by atoms with E-state index in [0.717, 1.165) is 16.6 Å². The number of anilines is 1. The van der Waals surface area contributed by atoms with Crippen LogP contribution >= 0.6 is 24.2 Å². The summed E-state index contributed by atoms with van der Waals surface area (Å²) in [5, 5.41) is 4.17. The third kappa shape index (κ3) is 6.15. The number of amidine groups is 1. The maximum absolute atomic E-state index is 12.5. The Morgan fingerprint density at radius 1 is 1.18 bits per heavy atom. The van der Waals surface area contributed by atoms with E-state index in [-0.39, 0.29) is 29.8 Å². The first-order chi connectivity index (χ1) is 12.8. The van der Waals surface area contributed by atoms with Crippen LogP contribution < -0.4 is 5.32 Å². The Labute approximate surface area is 180 Å². The molecule has 0 bridgehead atoms. The smallest absolute Gasteiger partial charge is 0.226 e. The van der Waals surface area contributed by atoms with Gasteiger partial charge in [-0.1, -0.05) is 63.9 Å². The van der Waals surface area contributed by atoms with Crippen molar-refractivity contribution in [2.24, 2.45) is 4.99 Å². The molecule has 1 aromatic carbocycles. The van der Waals surface area contributed by atoms with Crippen LogP contribution in [0.1, 0.15) is 64.9 Å². The van der Waals surface area contributed by atoms with E-state index in [4.69, 9.17) is 4.99 Å². The number of rotatable bonds is 4. The van der Waals surface area contributed by atoms with Crippen LogP contribution in [0.3, 0.4) is 0 Å². The first-order valence-electron chi connectivity index (χ1n) is 10.2. The molecule has 1 saturated carbocycles. The predicted octanol–water partition coefficient (Wildman–Crippen LogP) is 5.47. The highest BCUT2D eigenvalue weighted by molar-refractivity contribution is 8.14. The van der Waals surface area contributed by atoms with Crippen molar-refractivity contribution >= 4 is 40.9 Å². The molecule has 1 unspecified atom stereocenters. The summed E-state index contributed by atoms with van der Waals surface area (Å²) in [6.45, 7) is 6.59. The minimum Gasteiger partial charge on any atom is -0.350 e. The van der Waals surface area contributed by atoms with Crippen molar-refractivity contribution in [3.05, 3.63) is 29.8 Å². The molecule has 2 aliphatic rings. The molecule has 156 valence electrons. The summed E-state index contributed by atoms with van der Waals surface area (Å²) < 4.78 is 0. The van der Waals surface area contributed by atoms with Crippen molar-refractivity contribution in [1.82, 2.24) is 4.90 Å². The number of nitrogens with zero attached hydrogens (tertiary/aromatic N) is 2. The molecule has 1 atom stereocenters. The zero-order valence-corrected chi connectivity index (χ0v) is 19.2. The van der Waals surface area contributed by atoms with Gasteiger partial charge in [0.1, 0.15) is 0 Å². The first kappa shape index (κ1) is 23.1. The molecule has 0 spiro atoms. The van der Waals surface area contributed by atoms with Crippen molar-refractivity contribution in [2.45, 2.75) is 76.8 Å². The van der Waals surface area contributed by atoms with Gasteiger partial charge in [-0.2, -0.15) is 0 Å². The zero-order chi connectivity index (χ0) is 19.4. The summed E-state index contributed by atoms with van der Waals surface area (Å²) in [7, 11) is 2.08. The normalized spacial score (nSPS) is 22.2. The van der Waals surface area contributed by atoms with Gasteiger partial charge in [0.05, 0.1) is 6.04 Å². The number of carbonyl (C=O) groups is 1. The Morgan fingerprint density at radius 2 is 1.82 bits per heavy atom. The molecule has 1 saturated heterocycles. The second-order valence-electron chi connectivity index (χ2n) is 8.86. The molecule has 1 amide bonds. The highest BCUT2D eigenvalue weighted by atomic mass is 35.5. The molecule has 2 fully saturated rings. The first-order valence-corrected chi connectivity index (χ1v) is 11.2. The fraction of sp³-hybridized carbons (Fsp3) is 0.636. The van der Waals surface area contributed by atoms with E-state index in [1.165, 1.54) is 37.7 Å². The lowest BCUT2D eigenvalue weighted by Gasteiger charge is -2.23. The Balaban J connectivity index is 0.00000280. The molecular weight excluding hydrogens is 390 g/mol. The van der Waals surface area contributed by atoms with Crippen molar-refractivity contribution < 1.29 is 4.79 Å². The fourth-order valence-corrected chi connectivity index (χ4v) is 4.97. The molecule has 1 aliphatic heterocycles. The number of benzene rings is 1. The molecule has 1 heterocycles. The lowest BCUT2D eigenvalue weighted by molar-refractivity contribution is -0.116. The molecule has 0 radical (unpaired) electrons. The maximum atomic E-state index is 12.5. The average molecular weight is 424 g/mol. The molecule has 1 aliphatic carbocycles. The van der Waals surface area contributed by atoms with Crippen LogP contribution in [0.15, 0.2) is 29.3 Å². The van der Waals surface area contributed by atoms with Crippen molar-refractivity contribution in [1.29, 1.82) is 0 Å². The van der Waals surface area contributed by atoms with Crippen LogP contribution in [-0.4, -0.2) is 40.9 Å². The van der Waals surface area contributed by atoms with Gasteiger partial charge in [0.2, 0.25) is 5.91 Å². The molecule has 0 aromatic heterocycles. The van der Waals surface area contributed by atoms with E-state index in [9.17, 15) is 4.79 Å². The molecule has 6 heteroatoms. The largest absolute Gasteiger partial charge is 0.350 e.